The molecule has 0 aliphatic heterocycles. The SMILES string of the molecule is CC(C)C(Cc1cc(Cl)ccc1[N+](=O)[O-])C(C)N. The van der Waals surface area contributed by atoms with Crippen LogP contribution in [0, 0.1) is 22.0 Å². The third-order valence-corrected chi connectivity index (χ3v) is 3.46. The molecular formula is C13H19ClN2O2. The fraction of sp³-hybridized carbons (Fsp3) is 0.538. The maximum Gasteiger partial charge on any atom is 0.272 e. The van der Waals surface area contributed by atoms with Crippen molar-refractivity contribution in [3.8, 4) is 0 Å². The van der Waals surface area contributed by atoms with Gasteiger partial charge in [-0.25, -0.2) is 0 Å². The molecular weight excluding hydrogens is 252 g/mol. The minimum atomic E-state index is -0.371. The summed E-state index contributed by atoms with van der Waals surface area (Å²) in [5, 5.41) is 11.5. The molecule has 0 saturated carbocycles. The average molecular weight is 271 g/mol. The van der Waals surface area contributed by atoms with Gasteiger partial charge in [-0.1, -0.05) is 25.4 Å². The third-order valence-electron chi connectivity index (χ3n) is 3.23. The second kappa shape index (κ2) is 6.16. The van der Waals surface area contributed by atoms with Crippen molar-refractivity contribution in [3.63, 3.8) is 0 Å². The molecule has 1 aromatic rings. The van der Waals surface area contributed by atoms with Crippen LogP contribution in [-0.4, -0.2) is 11.0 Å². The van der Waals surface area contributed by atoms with Crippen molar-refractivity contribution < 1.29 is 4.92 Å². The minimum Gasteiger partial charge on any atom is -0.328 e. The first kappa shape index (κ1) is 14.9. The van der Waals surface area contributed by atoms with Crippen LogP contribution in [-0.2, 0) is 6.42 Å². The predicted molar refractivity (Wildman–Crippen MR) is 73.8 cm³/mol. The fourth-order valence-electron chi connectivity index (χ4n) is 2.18. The lowest BCUT2D eigenvalue weighted by molar-refractivity contribution is -0.385. The van der Waals surface area contributed by atoms with Crippen molar-refractivity contribution in [2.75, 3.05) is 0 Å². The van der Waals surface area contributed by atoms with Gasteiger partial charge in [0.25, 0.3) is 5.69 Å². The van der Waals surface area contributed by atoms with E-state index in [2.05, 4.69) is 13.8 Å². The van der Waals surface area contributed by atoms with Gasteiger partial charge in [0.2, 0.25) is 0 Å². The monoisotopic (exact) mass is 270 g/mol. The second-order valence-corrected chi connectivity index (χ2v) is 5.44. The Morgan fingerprint density at radius 2 is 2.00 bits per heavy atom. The van der Waals surface area contributed by atoms with Crippen LogP contribution in [0.25, 0.3) is 0 Å². The summed E-state index contributed by atoms with van der Waals surface area (Å²) in [6.45, 7) is 6.08. The molecule has 2 unspecified atom stereocenters. The van der Waals surface area contributed by atoms with Crippen molar-refractivity contribution in [1.82, 2.24) is 0 Å². The van der Waals surface area contributed by atoms with E-state index in [9.17, 15) is 10.1 Å². The molecule has 0 aliphatic carbocycles. The van der Waals surface area contributed by atoms with Crippen LogP contribution < -0.4 is 5.73 Å². The zero-order chi connectivity index (χ0) is 13.9. The van der Waals surface area contributed by atoms with Crippen molar-refractivity contribution in [3.05, 3.63) is 38.9 Å². The number of nitrogens with two attached hydrogens (primary N) is 1. The molecule has 100 valence electrons. The molecule has 1 aromatic carbocycles. The lowest BCUT2D eigenvalue weighted by atomic mass is 9.84. The number of nitro groups is 1. The lowest BCUT2D eigenvalue weighted by Gasteiger charge is -2.24. The maximum atomic E-state index is 11.0. The van der Waals surface area contributed by atoms with E-state index in [0.29, 0.717) is 22.9 Å². The van der Waals surface area contributed by atoms with Gasteiger partial charge in [0, 0.05) is 22.7 Å². The third kappa shape index (κ3) is 3.68. The van der Waals surface area contributed by atoms with Crippen LogP contribution in [0.1, 0.15) is 26.3 Å². The topological polar surface area (TPSA) is 69.2 Å². The Kier molecular flexibility index (Phi) is 5.11. The molecule has 0 aliphatic rings. The van der Waals surface area contributed by atoms with Crippen molar-refractivity contribution in [1.29, 1.82) is 0 Å². The summed E-state index contributed by atoms with van der Waals surface area (Å²) >= 11 is 5.91. The highest BCUT2D eigenvalue weighted by molar-refractivity contribution is 6.30. The van der Waals surface area contributed by atoms with Gasteiger partial charge in [0.15, 0.2) is 0 Å². The summed E-state index contributed by atoms with van der Waals surface area (Å²) in [5.41, 5.74) is 6.72. The molecule has 0 saturated heterocycles. The summed E-state index contributed by atoms with van der Waals surface area (Å²) in [6.07, 6.45) is 0.576. The molecule has 0 amide bonds. The number of hydrogen-bond acceptors (Lipinski definition) is 3. The quantitative estimate of drug-likeness (QED) is 0.658. The van der Waals surface area contributed by atoms with Crippen LogP contribution >= 0.6 is 11.6 Å². The van der Waals surface area contributed by atoms with E-state index < -0.39 is 0 Å². The summed E-state index contributed by atoms with van der Waals surface area (Å²) < 4.78 is 0. The van der Waals surface area contributed by atoms with Gasteiger partial charge in [-0.05, 0) is 37.3 Å². The molecule has 2 N–H and O–H groups in total. The number of rotatable bonds is 5. The standard InChI is InChI=1S/C13H19ClN2O2/c1-8(2)12(9(3)15)7-10-6-11(14)4-5-13(10)16(17)18/h4-6,8-9,12H,7,15H2,1-3H3. The Hall–Kier alpha value is -1.13. The van der Waals surface area contributed by atoms with Crippen LogP contribution in [0.2, 0.25) is 5.02 Å². The van der Waals surface area contributed by atoms with Crippen LogP contribution in [0.15, 0.2) is 18.2 Å². The molecule has 0 heterocycles. The molecule has 4 nitrogen and oxygen atoms in total. The smallest absolute Gasteiger partial charge is 0.272 e. The highest BCUT2D eigenvalue weighted by atomic mass is 35.5. The summed E-state index contributed by atoms with van der Waals surface area (Å²) in [4.78, 5) is 10.6. The Balaban J connectivity index is 3.08. The van der Waals surface area contributed by atoms with Gasteiger partial charge in [-0.15, -0.1) is 0 Å². The van der Waals surface area contributed by atoms with Crippen molar-refractivity contribution in [2.24, 2.45) is 17.6 Å². The minimum absolute atomic E-state index is 0.0106. The largest absolute Gasteiger partial charge is 0.328 e. The zero-order valence-corrected chi connectivity index (χ0v) is 11.6. The average Bonchev–Trinajstić information content (AvgIpc) is 2.24. The molecule has 0 bridgehead atoms. The van der Waals surface area contributed by atoms with E-state index in [0.717, 1.165) is 0 Å². The molecule has 0 fully saturated rings. The van der Waals surface area contributed by atoms with Crippen LogP contribution in [0.5, 0.6) is 0 Å². The van der Waals surface area contributed by atoms with E-state index in [1.807, 2.05) is 6.92 Å². The first-order chi connectivity index (χ1) is 8.32. The molecule has 1 rings (SSSR count). The fourth-order valence-corrected chi connectivity index (χ4v) is 2.37. The number of nitrogens with zero attached hydrogens (tertiary/aromatic N) is 1. The van der Waals surface area contributed by atoms with Gasteiger partial charge in [-0.2, -0.15) is 0 Å². The Bertz CT molecular complexity index is 425. The molecule has 0 radical (unpaired) electrons. The van der Waals surface area contributed by atoms with E-state index in [1.54, 1.807) is 12.1 Å². The first-order valence-corrected chi connectivity index (χ1v) is 6.39. The van der Waals surface area contributed by atoms with Gasteiger partial charge in [0.05, 0.1) is 4.92 Å². The first-order valence-electron chi connectivity index (χ1n) is 6.01. The van der Waals surface area contributed by atoms with Gasteiger partial charge >= 0.3 is 0 Å². The van der Waals surface area contributed by atoms with Crippen LogP contribution in [0.4, 0.5) is 5.69 Å². The second-order valence-electron chi connectivity index (χ2n) is 5.00. The summed E-state index contributed by atoms with van der Waals surface area (Å²) in [6, 6.07) is 4.65. The lowest BCUT2D eigenvalue weighted by Crippen LogP contribution is -2.32. The van der Waals surface area contributed by atoms with Crippen molar-refractivity contribution in [2.45, 2.75) is 33.2 Å². The van der Waals surface area contributed by atoms with Gasteiger partial charge in [0.1, 0.15) is 0 Å². The number of halogens is 1. The number of nitro benzene ring substituents is 1. The summed E-state index contributed by atoms with van der Waals surface area (Å²) in [5.74, 6) is 0.561. The molecule has 18 heavy (non-hydrogen) atoms. The Morgan fingerprint density at radius 3 is 2.44 bits per heavy atom. The molecule has 0 aromatic heterocycles. The zero-order valence-electron chi connectivity index (χ0n) is 10.9. The summed E-state index contributed by atoms with van der Waals surface area (Å²) in [7, 11) is 0. The molecule has 0 spiro atoms. The van der Waals surface area contributed by atoms with E-state index in [1.165, 1.54) is 6.07 Å². The highest BCUT2D eigenvalue weighted by Crippen LogP contribution is 2.28. The maximum absolute atomic E-state index is 11.0. The van der Waals surface area contributed by atoms with E-state index in [-0.39, 0.29) is 22.6 Å². The van der Waals surface area contributed by atoms with Crippen molar-refractivity contribution >= 4 is 17.3 Å². The molecule has 2 atom stereocenters. The van der Waals surface area contributed by atoms with Gasteiger partial charge in [-0.3, -0.25) is 10.1 Å². The normalized spacial score (nSPS) is 14.6. The van der Waals surface area contributed by atoms with Gasteiger partial charge < -0.3 is 5.73 Å². The van der Waals surface area contributed by atoms with E-state index >= 15 is 0 Å². The number of benzene rings is 1. The highest BCUT2D eigenvalue weighted by Gasteiger charge is 2.23. The Morgan fingerprint density at radius 1 is 1.39 bits per heavy atom. The van der Waals surface area contributed by atoms with E-state index in [4.69, 9.17) is 17.3 Å². The Labute approximate surface area is 112 Å². The molecule has 5 heteroatoms. The number of hydrogen-bond donors (Lipinski definition) is 1. The predicted octanol–water partition coefficient (Wildman–Crippen LogP) is 3.41. The van der Waals surface area contributed by atoms with Crippen LogP contribution in [0.3, 0.4) is 0 Å².